The van der Waals surface area contributed by atoms with Crippen molar-refractivity contribution in [3.8, 4) is 0 Å². The van der Waals surface area contributed by atoms with Gasteiger partial charge in [-0.3, -0.25) is 43.5 Å². The van der Waals surface area contributed by atoms with Crippen LogP contribution in [0.2, 0.25) is 0 Å². The van der Waals surface area contributed by atoms with Gasteiger partial charge in [-0.05, 0) is 43.4 Å². The number of nitrogens with two attached hydrogens (primary N) is 3. The van der Waals surface area contributed by atoms with Gasteiger partial charge in [-0.15, -0.1) is 0 Å². The number of primary amides is 1. The van der Waals surface area contributed by atoms with Gasteiger partial charge in [-0.2, -0.15) is 25.3 Å². The van der Waals surface area contributed by atoms with Crippen molar-refractivity contribution >= 4 is 89.5 Å². The molecule has 24 nitrogen and oxygen atoms in total. The lowest BCUT2D eigenvalue weighted by Crippen LogP contribution is -2.61. The number of hydrogen-bond donors (Lipinski definition) is 15. The first-order valence-corrected chi connectivity index (χ1v) is 25.4. The number of fused-ring (bicyclic) bond motifs is 1. The first-order chi connectivity index (χ1) is 35.4. The number of thiol groups is 2. The Kier molecular flexibility index (Phi) is 22.0. The molecular weight excluding hydrogens is 995 g/mol. The van der Waals surface area contributed by atoms with E-state index >= 15 is 0 Å². The molecule has 0 aliphatic carbocycles. The summed E-state index contributed by atoms with van der Waals surface area (Å²) in [6, 6.07) is 5.57. The van der Waals surface area contributed by atoms with Gasteiger partial charge in [-0.1, -0.05) is 68.3 Å². The van der Waals surface area contributed by atoms with Crippen LogP contribution in [-0.2, 0) is 52.8 Å². The molecule has 0 saturated carbocycles. The fourth-order valence-corrected chi connectivity index (χ4v) is 8.86. The zero-order chi connectivity index (χ0) is 53.9. The normalized spacial score (nSPS) is 17.0. The molecule has 26 heteroatoms. The number of H-pyrrole nitrogens is 2. The number of aromatic amines is 2. The van der Waals surface area contributed by atoms with E-state index in [0.717, 1.165) is 28.6 Å². The number of carbonyl (C=O) groups excluding carboxylic acids is 8. The van der Waals surface area contributed by atoms with Crippen molar-refractivity contribution in [1.29, 1.82) is 0 Å². The number of nitrogens with one attached hydrogen (secondary N) is 9. The largest absolute Gasteiger partial charge is 0.371 e. The van der Waals surface area contributed by atoms with Gasteiger partial charge in [0.2, 0.25) is 41.4 Å². The van der Waals surface area contributed by atoms with Gasteiger partial charge in [0.1, 0.15) is 42.3 Å². The number of aliphatic hydroxyl groups excluding tert-OH is 1. The molecule has 0 bridgehead atoms. The molecule has 3 heterocycles. The molecule has 1 fully saturated rings. The van der Waals surface area contributed by atoms with Crippen LogP contribution in [0.15, 0.2) is 78.3 Å². The van der Waals surface area contributed by atoms with Crippen molar-refractivity contribution < 1.29 is 43.5 Å². The SMILES string of the molecule is CCCC[C@@H]1NC(=O)N([C@@H](CS)C(=O)N[C@H](C)C(=O)N[C@@H](Cc2cnc[nH]2)C(=O)N[C@H](Cc2ccccc2)C(=O)N[C@@H](CCCN=C(N)N)C(=O)N[C@@H](Cc2c[nH]c3ccccc23)C(=O)N[C@@H](CS)C(N)=O)C1O. The Morgan fingerprint density at radius 1 is 0.743 bits per heavy atom. The Bertz CT molecular complexity index is 2580. The third kappa shape index (κ3) is 16.3. The summed E-state index contributed by atoms with van der Waals surface area (Å²) in [6.45, 7) is 3.40. The summed E-state index contributed by atoms with van der Waals surface area (Å²) in [5.41, 5.74) is 19.1. The number of aromatic nitrogens is 3. The molecule has 9 amide bonds. The number of para-hydroxylation sites is 1. The van der Waals surface area contributed by atoms with E-state index in [0.29, 0.717) is 23.2 Å². The Morgan fingerprint density at radius 2 is 1.35 bits per heavy atom. The molecule has 1 aliphatic heterocycles. The first kappa shape index (κ1) is 57.6. The summed E-state index contributed by atoms with van der Waals surface area (Å²) in [5, 5.41) is 30.4. The molecule has 2 aromatic carbocycles. The van der Waals surface area contributed by atoms with Crippen molar-refractivity contribution in [1.82, 2.24) is 57.1 Å². The number of aliphatic imine (C=N–C) groups is 1. The number of guanidine groups is 1. The molecule has 400 valence electrons. The van der Waals surface area contributed by atoms with Gasteiger partial charge in [0.25, 0.3) is 0 Å². The Labute approximate surface area is 438 Å². The second-order valence-corrected chi connectivity index (χ2v) is 18.6. The van der Waals surface area contributed by atoms with E-state index in [-0.39, 0.29) is 56.1 Å². The van der Waals surface area contributed by atoms with Gasteiger partial charge < -0.3 is 69.5 Å². The average molecular weight is 1060 g/mol. The van der Waals surface area contributed by atoms with Crippen LogP contribution < -0.4 is 54.4 Å². The number of nitrogens with zero attached hydrogens (tertiary/aromatic N) is 3. The van der Waals surface area contributed by atoms with Crippen molar-refractivity contribution in [2.24, 2.45) is 22.2 Å². The number of hydrogen-bond acceptors (Lipinski definition) is 13. The van der Waals surface area contributed by atoms with Crippen LogP contribution in [0.5, 0.6) is 0 Å². The molecule has 1 saturated heterocycles. The van der Waals surface area contributed by atoms with E-state index in [4.69, 9.17) is 17.2 Å². The van der Waals surface area contributed by atoms with E-state index in [1.54, 1.807) is 36.5 Å². The fraction of sp³-hybridized carbons (Fsp3) is 0.458. The van der Waals surface area contributed by atoms with Crippen LogP contribution in [0.3, 0.4) is 0 Å². The monoisotopic (exact) mass is 1060 g/mol. The summed E-state index contributed by atoms with van der Waals surface area (Å²) in [7, 11) is 0. The molecule has 0 spiro atoms. The highest BCUT2D eigenvalue weighted by molar-refractivity contribution is 7.80. The highest BCUT2D eigenvalue weighted by Gasteiger charge is 2.44. The number of benzene rings is 2. The third-order valence-electron chi connectivity index (χ3n) is 12.3. The lowest BCUT2D eigenvalue weighted by Gasteiger charge is -2.30. The Morgan fingerprint density at radius 3 is 1.97 bits per heavy atom. The van der Waals surface area contributed by atoms with Crippen molar-refractivity contribution in [2.75, 3.05) is 18.1 Å². The van der Waals surface area contributed by atoms with E-state index in [9.17, 15) is 43.5 Å². The van der Waals surface area contributed by atoms with Gasteiger partial charge >= 0.3 is 6.03 Å². The predicted octanol–water partition coefficient (Wildman–Crippen LogP) is -1.48. The minimum absolute atomic E-state index is 0.0548. The van der Waals surface area contributed by atoms with Gasteiger partial charge in [0.05, 0.1) is 12.4 Å². The number of rotatable bonds is 29. The number of imidazole rings is 1. The topological polar surface area (TPSA) is 379 Å². The van der Waals surface area contributed by atoms with Crippen molar-refractivity contribution in [3.63, 3.8) is 0 Å². The predicted molar refractivity (Wildman–Crippen MR) is 282 cm³/mol. The van der Waals surface area contributed by atoms with Gasteiger partial charge in [-0.25, -0.2) is 9.78 Å². The average Bonchev–Trinajstić information content (AvgIpc) is 4.12. The smallest absolute Gasteiger partial charge is 0.320 e. The van der Waals surface area contributed by atoms with Crippen LogP contribution in [0.25, 0.3) is 10.9 Å². The Balaban J connectivity index is 1.38. The minimum atomic E-state index is -1.39. The molecule has 74 heavy (non-hydrogen) atoms. The van der Waals surface area contributed by atoms with Crippen LogP contribution in [-0.4, -0.2) is 151 Å². The second-order valence-electron chi connectivity index (χ2n) is 17.8. The maximum absolute atomic E-state index is 14.6. The van der Waals surface area contributed by atoms with Crippen LogP contribution in [0.4, 0.5) is 4.79 Å². The number of amides is 9. The molecule has 2 aromatic heterocycles. The van der Waals surface area contributed by atoms with Crippen LogP contribution in [0.1, 0.15) is 62.8 Å². The number of unbranched alkanes of at least 4 members (excludes halogenated alkanes) is 1. The fourth-order valence-electron chi connectivity index (χ4n) is 8.24. The quantitative estimate of drug-likeness (QED) is 0.0128. The lowest BCUT2D eigenvalue weighted by molar-refractivity contribution is -0.135. The molecule has 1 unspecified atom stereocenters. The molecule has 9 atom stereocenters. The molecular formula is C48H67N15O9S2. The second kappa shape index (κ2) is 28.2. The van der Waals surface area contributed by atoms with Crippen molar-refractivity contribution in [2.45, 2.75) is 120 Å². The summed E-state index contributed by atoms with van der Waals surface area (Å²) in [5.74, 6) is -6.16. The highest BCUT2D eigenvalue weighted by Crippen LogP contribution is 2.22. The lowest BCUT2D eigenvalue weighted by atomic mass is 10.0. The summed E-state index contributed by atoms with van der Waals surface area (Å²) in [4.78, 5) is 125. The minimum Gasteiger partial charge on any atom is -0.371 e. The number of carbonyl (C=O) groups is 8. The van der Waals surface area contributed by atoms with Crippen molar-refractivity contribution in [3.05, 3.63) is 90.1 Å². The zero-order valence-corrected chi connectivity index (χ0v) is 42.9. The molecule has 4 aromatic rings. The molecule has 16 N–H and O–H groups in total. The highest BCUT2D eigenvalue weighted by atomic mass is 32.1. The van der Waals surface area contributed by atoms with E-state index in [1.807, 2.05) is 31.2 Å². The summed E-state index contributed by atoms with van der Waals surface area (Å²) < 4.78 is 0. The van der Waals surface area contributed by atoms with Crippen LogP contribution in [0, 0.1) is 0 Å². The van der Waals surface area contributed by atoms with E-state index in [2.05, 4.69) is 82.4 Å². The number of urea groups is 1. The van der Waals surface area contributed by atoms with Gasteiger partial charge in [0.15, 0.2) is 12.2 Å². The summed E-state index contributed by atoms with van der Waals surface area (Å²) in [6.07, 6.45) is 5.02. The van der Waals surface area contributed by atoms with Gasteiger partial charge in [0, 0.05) is 66.3 Å². The first-order valence-electron chi connectivity index (χ1n) is 24.2. The standard InChI is InChI=1S/C48H67N15O9S2/c1-3-4-14-33-46(71)63(48(72)62-33)38(24-74)45(70)56-26(2)40(65)58-36(20-29-22-52-25-55-29)44(69)59-34(18-27-11-6-5-7-12-27)42(67)57-32(16-10-17-53-47(50)51)41(66)60-35(43(68)61-37(23-73)39(49)64)19-28-21-54-31-15-9-8-13-30(28)31/h5-9,11-13,15,21-22,25-26,32-38,46,54,71,73-74H,3-4,10,14,16-20,23-24H2,1-2H3,(H2,49,64)(H,52,55)(H,56,70)(H,57,67)(H,58,65)(H,59,69)(H,60,66)(H,61,68)(H,62,72)(H4,50,51,53)/t26-,32+,33+,34-,35+,36+,37+,38+,46?/m1/s1. The third-order valence-corrected chi connectivity index (χ3v) is 13.0. The number of aliphatic hydroxyl groups is 1. The zero-order valence-electron chi connectivity index (χ0n) is 41.1. The van der Waals surface area contributed by atoms with Crippen LogP contribution >= 0.6 is 25.3 Å². The maximum atomic E-state index is 14.6. The Hall–Kier alpha value is -7.32. The van der Waals surface area contributed by atoms with E-state index in [1.165, 1.54) is 19.4 Å². The molecule has 0 radical (unpaired) electrons. The molecule has 5 rings (SSSR count). The maximum Gasteiger partial charge on any atom is 0.320 e. The summed E-state index contributed by atoms with van der Waals surface area (Å²) >= 11 is 8.42. The van der Waals surface area contributed by atoms with E-state index < -0.39 is 102 Å². The molecule has 1 aliphatic rings.